The molecule has 0 aliphatic carbocycles. The van der Waals surface area contributed by atoms with E-state index in [1.54, 1.807) is 6.07 Å². The lowest BCUT2D eigenvalue weighted by Gasteiger charge is -2.07. The van der Waals surface area contributed by atoms with Crippen LogP contribution < -0.4 is 0 Å². The van der Waals surface area contributed by atoms with Gasteiger partial charge in [0.2, 0.25) is 0 Å². The van der Waals surface area contributed by atoms with Gasteiger partial charge < -0.3 is 4.74 Å². The fourth-order valence-corrected chi connectivity index (χ4v) is 2.20. The van der Waals surface area contributed by atoms with Gasteiger partial charge in [0.1, 0.15) is 6.61 Å². The van der Waals surface area contributed by atoms with Gasteiger partial charge in [0.15, 0.2) is 0 Å². The van der Waals surface area contributed by atoms with Crippen molar-refractivity contribution >= 4 is 29.1 Å². The summed E-state index contributed by atoms with van der Waals surface area (Å²) < 4.78 is 5.38. The SMILES string of the molecule is Cl.O=C(OCc1ccccc1)c1cccc2ccccc12. The van der Waals surface area contributed by atoms with Gasteiger partial charge in [-0.05, 0) is 22.4 Å². The molecule has 0 radical (unpaired) electrons. The molecule has 0 aliphatic rings. The number of hydrogen-bond acceptors (Lipinski definition) is 2. The van der Waals surface area contributed by atoms with Crippen molar-refractivity contribution in [2.75, 3.05) is 0 Å². The molecule has 0 heterocycles. The molecule has 0 aromatic heterocycles. The number of hydrogen-bond donors (Lipinski definition) is 0. The Morgan fingerprint density at radius 3 is 2.29 bits per heavy atom. The van der Waals surface area contributed by atoms with Crippen LogP contribution in [0.2, 0.25) is 0 Å². The first-order chi connectivity index (χ1) is 9.84. The van der Waals surface area contributed by atoms with Gasteiger partial charge >= 0.3 is 5.97 Å². The average Bonchev–Trinajstić information content (AvgIpc) is 2.53. The van der Waals surface area contributed by atoms with Crippen molar-refractivity contribution in [1.82, 2.24) is 0 Å². The second-order valence-corrected chi connectivity index (χ2v) is 4.59. The average molecular weight is 299 g/mol. The van der Waals surface area contributed by atoms with Gasteiger partial charge in [-0.15, -0.1) is 12.4 Å². The van der Waals surface area contributed by atoms with Gasteiger partial charge in [0.25, 0.3) is 0 Å². The summed E-state index contributed by atoms with van der Waals surface area (Å²) in [5.41, 5.74) is 1.60. The summed E-state index contributed by atoms with van der Waals surface area (Å²) in [5.74, 6) is -0.286. The zero-order valence-electron chi connectivity index (χ0n) is 11.4. The van der Waals surface area contributed by atoms with Crippen LogP contribution >= 0.6 is 12.4 Å². The Morgan fingerprint density at radius 2 is 1.48 bits per heavy atom. The summed E-state index contributed by atoms with van der Waals surface area (Å²) >= 11 is 0. The molecular weight excluding hydrogens is 284 g/mol. The number of ether oxygens (including phenoxy) is 1. The van der Waals surface area contributed by atoms with Crippen LogP contribution in [0, 0.1) is 0 Å². The summed E-state index contributed by atoms with van der Waals surface area (Å²) in [5, 5.41) is 1.97. The van der Waals surface area contributed by atoms with Crippen LogP contribution in [0.3, 0.4) is 0 Å². The zero-order chi connectivity index (χ0) is 13.8. The highest BCUT2D eigenvalue weighted by atomic mass is 35.5. The van der Waals surface area contributed by atoms with E-state index in [1.807, 2.05) is 66.7 Å². The quantitative estimate of drug-likeness (QED) is 0.660. The van der Waals surface area contributed by atoms with Crippen molar-refractivity contribution in [2.45, 2.75) is 6.61 Å². The van der Waals surface area contributed by atoms with E-state index < -0.39 is 0 Å². The van der Waals surface area contributed by atoms with Gasteiger partial charge in [-0.1, -0.05) is 66.7 Å². The third kappa shape index (κ3) is 3.41. The highest BCUT2D eigenvalue weighted by Crippen LogP contribution is 2.19. The molecule has 3 heteroatoms. The third-order valence-corrected chi connectivity index (χ3v) is 3.22. The minimum Gasteiger partial charge on any atom is -0.457 e. The maximum atomic E-state index is 12.2. The second-order valence-electron chi connectivity index (χ2n) is 4.59. The highest BCUT2D eigenvalue weighted by molar-refractivity contribution is 6.04. The summed E-state index contributed by atoms with van der Waals surface area (Å²) in [7, 11) is 0. The largest absolute Gasteiger partial charge is 0.457 e. The Labute approximate surface area is 129 Å². The fourth-order valence-electron chi connectivity index (χ4n) is 2.20. The van der Waals surface area contributed by atoms with E-state index >= 15 is 0 Å². The van der Waals surface area contributed by atoms with Gasteiger partial charge in [0, 0.05) is 0 Å². The van der Waals surface area contributed by atoms with E-state index in [9.17, 15) is 4.79 Å². The molecule has 0 saturated heterocycles. The lowest BCUT2D eigenvalue weighted by molar-refractivity contribution is 0.0475. The lowest BCUT2D eigenvalue weighted by atomic mass is 10.0. The summed E-state index contributed by atoms with van der Waals surface area (Å²) in [6.45, 7) is 0.295. The molecule has 0 fully saturated rings. The van der Waals surface area contributed by atoms with Crippen molar-refractivity contribution in [1.29, 1.82) is 0 Å². The molecule has 0 unspecified atom stereocenters. The number of carbonyl (C=O) groups excluding carboxylic acids is 1. The first-order valence-corrected chi connectivity index (χ1v) is 6.53. The van der Waals surface area contributed by atoms with Crippen LogP contribution in [-0.2, 0) is 11.3 Å². The van der Waals surface area contributed by atoms with Crippen LogP contribution in [0.4, 0.5) is 0 Å². The van der Waals surface area contributed by atoms with E-state index in [1.165, 1.54) is 0 Å². The first-order valence-electron chi connectivity index (χ1n) is 6.53. The number of fused-ring (bicyclic) bond motifs is 1. The second kappa shape index (κ2) is 6.91. The van der Waals surface area contributed by atoms with Crippen molar-refractivity contribution < 1.29 is 9.53 Å². The molecule has 21 heavy (non-hydrogen) atoms. The molecule has 0 N–H and O–H groups in total. The van der Waals surface area contributed by atoms with Crippen LogP contribution in [0.15, 0.2) is 72.8 Å². The van der Waals surface area contributed by atoms with Crippen molar-refractivity contribution in [3.05, 3.63) is 83.9 Å². The molecule has 0 atom stereocenters. The first kappa shape index (κ1) is 15.1. The van der Waals surface area contributed by atoms with Crippen molar-refractivity contribution in [2.24, 2.45) is 0 Å². The number of benzene rings is 3. The maximum Gasteiger partial charge on any atom is 0.339 e. The van der Waals surface area contributed by atoms with Crippen LogP contribution in [0.25, 0.3) is 10.8 Å². The molecule has 0 amide bonds. The number of carbonyl (C=O) groups is 1. The molecular formula is C18H15ClO2. The smallest absolute Gasteiger partial charge is 0.339 e. The Morgan fingerprint density at radius 1 is 0.810 bits per heavy atom. The van der Waals surface area contributed by atoms with Crippen molar-refractivity contribution in [3.8, 4) is 0 Å². The number of halogens is 1. The van der Waals surface area contributed by atoms with Gasteiger partial charge in [0.05, 0.1) is 5.56 Å². The molecule has 2 nitrogen and oxygen atoms in total. The summed E-state index contributed by atoms with van der Waals surface area (Å²) in [6.07, 6.45) is 0. The Balaban J connectivity index is 0.00000161. The maximum absolute atomic E-state index is 12.2. The van der Waals surface area contributed by atoms with E-state index in [0.29, 0.717) is 12.2 Å². The van der Waals surface area contributed by atoms with E-state index in [2.05, 4.69) is 0 Å². The fraction of sp³-hybridized carbons (Fsp3) is 0.0556. The topological polar surface area (TPSA) is 26.3 Å². The van der Waals surface area contributed by atoms with E-state index in [4.69, 9.17) is 4.74 Å². The molecule has 3 aromatic carbocycles. The van der Waals surface area contributed by atoms with Gasteiger partial charge in [-0.2, -0.15) is 0 Å². The highest BCUT2D eigenvalue weighted by Gasteiger charge is 2.10. The summed E-state index contributed by atoms with van der Waals surface area (Å²) in [6, 6.07) is 23.2. The van der Waals surface area contributed by atoms with Crippen LogP contribution in [-0.4, -0.2) is 5.97 Å². The molecule has 0 aliphatic heterocycles. The molecule has 0 spiro atoms. The minimum absolute atomic E-state index is 0. The monoisotopic (exact) mass is 298 g/mol. The normalized spacial score (nSPS) is 9.90. The molecule has 106 valence electrons. The Kier molecular flexibility index (Phi) is 4.96. The van der Waals surface area contributed by atoms with Gasteiger partial charge in [-0.3, -0.25) is 0 Å². The predicted molar refractivity (Wildman–Crippen MR) is 86.8 cm³/mol. The van der Waals surface area contributed by atoms with Crippen molar-refractivity contribution in [3.63, 3.8) is 0 Å². The molecule has 3 aromatic rings. The Hall–Kier alpha value is -2.32. The summed E-state index contributed by atoms with van der Waals surface area (Å²) in [4.78, 5) is 12.2. The molecule has 0 saturated carbocycles. The van der Waals surface area contributed by atoms with Crippen LogP contribution in [0.5, 0.6) is 0 Å². The Bertz CT molecular complexity index is 733. The molecule has 3 rings (SSSR count). The lowest BCUT2D eigenvalue weighted by Crippen LogP contribution is -2.05. The van der Waals surface area contributed by atoms with Crippen LogP contribution in [0.1, 0.15) is 15.9 Å². The molecule has 0 bridgehead atoms. The number of rotatable bonds is 3. The van der Waals surface area contributed by atoms with E-state index in [0.717, 1.165) is 16.3 Å². The zero-order valence-corrected chi connectivity index (χ0v) is 12.2. The van der Waals surface area contributed by atoms with Gasteiger partial charge in [-0.25, -0.2) is 4.79 Å². The number of esters is 1. The standard InChI is InChI=1S/C18H14O2.ClH/c19-18(20-13-14-7-2-1-3-8-14)17-12-6-10-15-9-4-5-11-16(15)17;/h1-12H,13H2;1H. The minimum atomic E-state index is -0.286. The third-order valence-electron chi connectivity index (χ3n) is 3.22. The van der Waals surface area contributed by atoms with E-state index in [-0.39, 0.29) is 18.4 Å². The predicted octanol–water partition coefficient (Wildman–Crippen LogP) is 4.62.